The molecule has 2 N–H and O–H groups in total. The first kappa shape index (κ1) is 17.8. The third kappa shape index (κ3) is 3.80. The molecule has 26 heavy (non-hydrogen) atoms. The van der Waals surface area contributed by atoms with Crippen molar-refractivity contribution in [2.45, 2.75) is 11.3 Å². The maximum atomic E-state index is 12.8. The molecule has 0 aliphatic rings. The molecule has 0 saturated carbocycles. The van der Waals surface area contributed by atoms with Crippen LogP contribution >= 0.6 is 0 Å². The number of hydrogen-bond donors (Lipinski definition) is 2. The first-order valence-corrected chi connectivity index (χ1v) is 9.12. The van der Waals surface area contributed by atoms with Crippen LogP contribution in [0.15, 0.2) is 63.2 Å². The number of benzene rings is 2. The second-order valence-electron chi connectivity index (χ2n) is 5.63. The van der Waals surface area contributed by atoms with Gasteiger partial charge in [-0.1, -0.05) is 30.3 Å². The van der Waals surface area contributed by atoms with E-state index in [2.05, 4.69) is 9.98 Å². The Morgan fingerprint density at radius 1 is 1.08 bits per heavy atom. The summed E-state index contributed by atoms with van der Waals surface area (Å²) in [5, 5.41) is 11.0. The first-order valence-electron chi connectivity index (χ1n) is 7.73. The van der Waals surface area contributed by atoms with Crippen molar-refractivity contribution in [3.05, 3.63) is 70.0 Å². The lowest BCUT2D eigenvalue weighted by molar-refractivity contribution is 0.452. The fourth-order valence-corrected chi connectivity index (χ4v) is 3.05. The molecular formula is C18H15FN2O4S. The lowest BCUT2D eigenvalue weighted by Gasteiger charge is -2.04. The van der Waals surface area contributed by atoms with Crippen LogP contribution in [0.5, 0.6) is 5.88 Å². The number of nitrogens with one attached hydrogen (secondary N) is 1. The van der Waals surface area contributed by atoms with E-state index in [1.54, 1.807) is 24.3 Å². The number of H-pyrrole nitrogens is 1. The predicted octanol–water partition coefficient (Wildman–Crippen LogP) is 2.55. The first-order chi connectivity index (χ1) is 12.4. The van der Waals surface area contributed by atoms with Gasteiger partial charge < -0.3 is 5.11 Å². The number of fused-ring (bicyclic) bond motifs is 1. The van der Waals surface area contributed by atoms with E-state index < -0.39 is 10.2 Å². The monoisotopic (exact) mass is 374 g/mol. The van der Waals surface area contributed by atoms with Crippen LogP contribution in [0.25, 0.3) is 10.8 Å². The summed E-state index contributed by atoms with van der Waals surface area (Å²) in [5.41, 5.74) is 0.835. The van der Waals surface area contributed by atoms with Crippen LogP contribution in [-0.2, 0) is 16.6 Å². The fourth-order valence-electron chi connectivity index (χ4n) is 2.58. The van der Waals surface area contributed by atoms with Gasteiger partial charge in [0, 0.05) is 23.5 Å². The molecule has 0 unspecified atom stereocenters. The van der Waals surface area contributed by atoms with Gasteiger partial charge in [0.25, 0.3) is 5.56 Å². The van der Waals surface area contributed by atoms with Gasteiger partial charge in [0.05, 0.1) is 10.5 Å². The minimum Gasteiger partial charge on any atom is -0.494 e. The molecule has 8 heteroatoms. The number of hydrogen-bond acceptors (Lipinski definition) is 5. The van der Waals surface area contributed by atoms with Crippen LogP contribution < -0.4 is 5.56 Å². The minimum absolute atomic E-state index is 0.255. The number of aromatic nitrogens is 1. The maximum Gasteiger partial charge on any atom is 0.332 e. The zero-order chi connectivity index (χ0) is 18.7. The number of aromatic amines is 1. The Balaban J connectivity index is 1.76. The predicted molar refractivity (Wildman–Crippen MR) is 97.1 cm³/mol. The van der Waals surface area contributed by atoms with E-state index in [0.29, 0.717) is 29.3 Å². The molecule has 0 bridgehead atoms. The summed E-state index contributed by atoms with van der Waals surface area (Å²) in [6, 6.07) is 12.3. The molecule has 0 atom stereocenters. The van der Waals surface area contributed by atoms with Gasteiger partial charge in [0.15, 0.2) is 0 Å². The summed E-state index contributed by atoms with van der Waals surface area (Å²) in [6.45, 7) is 0.370. The zero-order valence-electron chi connectivity index (χ0n) is 13.5. The van der Waals surface area contributed by atoms with Gasteiger partial charge in [-0.2, -0.15) is 8.42 Å². The Morgan fingerprint density at radius 2 is 1.73 bits per heavy atom. The topological polar surface area (TPSA) is 99.6 Å². The van der Waals surface area contributed by atoms with Gasteiger partial charge in [-0.15, -0.1) is 3.89 Å². The van der Waals surface area contributed by atoms with E-state index >= 15 is 0 Å². The van der Waals surface area contributed by atoms with Crippen LogP contribution in [0.3, 0.4) is 0 Å². The zero-order valence-corrected chi connectivity index (χ0v) is 14.3. The third-order valence-electron chi connectivity index (χ3n) is 3.90. The van der Waals surface area contributed by atoms with Crippen molar-refractivity contribution in [1.82, 2.24) is 4.98 Å². The standard InChI is InChI=1S/C18H15FN2O4S/c19-26(24,25)13-7-5-12(6-8-13)9-10-20-11-16-14-3-1-2-4-15(14)17(22)21-18(16)23/h1-8,11H,9-10H2,(H2,21,22,23). The van der Waals surface area contributed by atoms with Crippen LogP contribution in [0.1, 0.15) is 11.1 Å². The minimum atomic E-state index is -4.70. The number of aliphatic imine (C=N–C) groups is 1. The molecule has 0 fully saturated rings. The number of halogens is 1. The van der Waals surface area contributed by atoms with Gasteiger partial charge in [-0.3, -0.25) is 14.8 Å². The molecule has 1 aromatic heterocycles. The Morgan fingerprint density at radius 3 is 2.38 bits per heavy atom. The second-order valence-corrected chi connectivity index (χ2v) is 6.98. The normalized spacial score (nSPS) is 12.0. The molecule has 0 aliphatic heterocycles. The molecule has 0 amide bonds. The summed E-state index contributed by atoms with van der Waals surface area (Å²) >= 11 is 0. The Hall–Kier alpha value is -3.00. The van der Waals surface area contributed by atoms with Crippen LogP contribution in [0.4, 0.5) is 3.89 Å². The fraction of sp³-hybridized carbons (Fsp3) is 0.111. The van der Waals surface area contributed by atoms with Crippen molar-refractivity contribution in [3.63, 3.8) is 0 Å². The molecule has 6 nitrogen and oxygen atoms in total. The van der Waals surface area contributed by atoms with E-state index in [1.807, 2.05) is 0 Å². The highest BCUT2D eigenvalue weighted by molar-refractivity contribution is 7.86. The third-order valence-corrected chi connectivity index (χ3v) is 4.74. The number of aromatic hydroxyl groups is 1. The molecule has 3 rings (SSSR count). The lowest BCUT2D eigenvalue weighted by Crippen LogP contribution is -2.08. The van der Waals surface area contributed by atoms with Crippen molar-refractivity contribution >= 4 is 27.2 Å². The second kappa shape index (κ2) is 7.09. The molecule has 0 saturated heterocycles. The number of nitrogens with zero attached hydrogens (tertiary/aromatic N) is 1. The van der Waals surface area contributed by atoms with E-state index in [-0.39, 0.29) is 16.3 Å². The molecule has 0 aliphatic carbocycles. The van der Waals surface area contributed by atoms with Crippen LogP contribution in [0.2, 0.25) is 0 Å². The van der Waals surface area contributed by atoms with E-state index in [1.165, 1.54) is 30.5 Å². The van der Waals surface area contributed by atoms with E-state index in [9.17, 15) is 22.2 Å². The van der Waals surface area contributed by atoms with Crippen molar-refractivity contribution in [1.29, 1.82) is 0 Å². The average molecular weight is 374 g/mol. The summed E-state index contributed by atoms with van der Waals surface area (Å²) < 4.78 is 34.4. The molecule has 2 aromatic carbocycles. The largest absolute Gasteiger partial charge is 0.494 e. The average Bonchev–Trinajstić information content (AvgIpc) is 2.60. The number of pyridine rings is 1. The van der Waals surface area contributed by atoms with Gasteiger partial charge in [0.1, 0.15) is 0 Å². The van der Waals surface area contributed by atoms with Gasteiger partial charge in [-0.25, -0.2) is 0 Å². The van der Waals surface area contributed by atoms with E-state index in [4.69, 9.17) is 0 Å². The highest BCUT2D eigenvalue weighted by Gasteiger charge is 2.11. The van der Waals surface area contributed by atoms with Gasteiger partial charge in [-0.05, 0) is 30.2 Å². The molecular weight excluding hydrogens is 359 g/mol. The van der Waals surface area contributed by atoms with Crippen molar-refractivity contribution in [3.8, 4) is 5.88 Å². The highest BCUT2D eigenvalue weighted by atomic mass is 32.3. The quantitative estimate of drug-likeness (QED) is 0.529. The Kier molecular flexibility index (Phi) is 4.85. The summed E-state index contributed by atoms with van der Waals surface area (Å²) in [6.07, 6.45) is 1.99. The van der Waals surface area contributed by atoms with Gasteiger partial charge >= 0.3 is 10.2 Å². The van der Waals surface area contributed by atoms with Crippen LogP contribution in [-0.4, -0.2) is 31.3 Å². The maximum absolute atomic E-state index is 12.8. The number of rotatable bonds is 5. The van der Waals surface area contributed by atoms with Gasteiger partial charge in [0.2, 0.25) is 5.88 Å². The molecule has 134 valence electrons. The molecule has 0 radical (unpaired) electrons. The lowest BCUT2D eigenvalue weighted by atomic mass is 10.1. The van der Waals surface area contributed by atoms with Crippen LogP contribution in [0, 0.1) is 0 Å². The Bertz CT molecular complexity index is 1140. The Labute approximate surface area is 148 Å². The SMILES string of the molecule is O=c1[nH]c(O)c(C=NCCc2ccc(S(=O)(=O)F)cc2)c2ccccc12. The van der Waals surface area contributed by atoms with Crippen molar-refractivity contribution in [2.24, 2.45) is 4.99 Å². The summed E-state index contributed by atoms with van der Waals surface area (Å²) in [5.74, 6) is -0.255. The highest BCUT2D eigenvalue weighted by Crippen LogP contribution is 2.20. The summed E-state index contributed by atoms with van der Waals surface area (Å²) in [4.78, 5) is 18.1. The van der Waals surface area contributed by atoms with E-state index in [0.717, 1.165) is 5.56 Å². The molecule has 1 heterocycles. The molecule has 3 aromatic rings. The van der Waals surface area contributed by atoms with Crippen molar-refractivity contribution < 1.29 is 17.4 Å². The summed E-state index contributed by atoms with van der Waals surface area (Å²) in [7, 11) is -4.70. The smallest absolute Gasteiger partial charge is 0.332 e. The molecule has 0 spiro atoms. The van der Waals surface area contributed by atoms with Crippen molar-refractivity contribution in [2.75, 3.05) is 6.54 Å².